The van der Waals surface area contributed by atoms with Crippen LogP contribution in [0.5, 0.6) is 0 Å². The SMILES string of the molecule is C[C@@H]1CN(c2ccc([C@H](C)O)cn2)C[C@H](C)O1. The fraction of sp³-hybridized carbons (Fsp3) is 0.615. The summed E-state index contributed by atoms with van der Waals surface area (Å²) in [6.45, 7) is 7.63. The summed E-state index contributed by atoms with van der Waals surface area (Å²) >= 11 is 0. The van der Waals surface area contributed by atoms with E-state index in [9.17, 15) is 5.11 Å². The third kappa shape index (κ3) is 2.96. The third-order valence-corrected chi connectivity index (χ3v) is 3.00. The normalized spacial score (nSPS) is 26.9. The molecule has 2 heterocycles. The van der Waals surface area contributed by atoms with Crippen molar-refractivity contribution in [2.45, 2.75) is 39.1 Å². The third-order valence-electron chi connectivity index (χ3n) is 3.00. The number of nitrogens with zero attached hydrogens (tertiary/aromatic N) is 2. The molecule has 1 aromatic heterocycles. The Balaban J connectivity index is 2.11. The van der Waals surface area contributed by atoms with Crippen LogP contribution in [0.25, 0.3) is 0 Å². The average Bonchev–Trinajstić information content (AvgIpc) is 2.28. The highest BCUT2D eigenvalue weighted by molar-refractivity contribution is 5.40. The molecule has 4 nitrogen and oxygen atoms in total. The monoisotopic (exact) mass is 236 g/mol. The van der Waals surface area contributed by atoms with E-state index in [2.05, 4.69) is 23.7 Å². The molecule has 0 aromatic carbocycles. The van der Waals surface area contributed by atoms with E-state index in [1.165, 1.54) is 0 Å². The molecule has 0 bridgehead atoms. The Bertz CT molecular complexity index is 354. The van der Waals surface area contributed by atoms with Crippen molar-refractivity contribution < 1.29 is 9.84 Å². The molecule has 2 rings (SSSR count). The second-order valence-electron chi connectivity index (χ2n) is 4.79. The molecule has 1 aliphatic heterocycles. The molecule has 1 aromatic rings. The molecule has 0 saturated carbocycles. The summed E-state index contributed by atoms with van der Waals surface area (Å²) in [5.41, 5.74) is 0.850. The predicted molar refractivity (Wildman–Crippen MR) is 67.1 cm³/mol. The quantitative estimate of drug-likeness (QED) is 0.849. The number of ether oxygens (including phenoxy) is 1. The van der Waals surface area contributed by atoms with E-state index in [-0.39, 0.29) is 12.2 Å². The van der Waals surface area contributed by atoms with Crippen LogP contribution in [0, 0.1) is 0 Å². The maximum Gasteiger partial charge on any atom is 0.128 e. The fourth-order valence-electron chi connectivity index (χ4n) is 2.20. The van der Waals surface area contributed by atoms with Gasteiger partial charge in [-0.1, -0.05) is 6.07 Å². The zero-order valence-corrected chi connectivity index (χ0v) is 10.6. The molecule has 0 aliphatic carbocycles. The minimum atomic E-state index is -0.459. The summed E-state index contributed by atoms with van der Waals surface area (Å²) in [5.74, 6) is 0.955. The first-order chi connectivity index (χ1) is 8.06. The highest BCUT2D eigenvalue weighted by Crippen LogP contribution is 2.20. The number of anilines is 1. The van der Waals surface area contributed by atoms with Crippen molar-refractivity contribution in [3.05, 3.63) is 23.9 Å². The van der Waals surface area contributed by atoms with Gasteiger partial charge >= 0.3 is 0 Å². The van der Waals surface area contributed by atoms with Crippen LogP contribution in [-0.4, -0.2) is 35.4 Å². The summed E-state index contributed by atoms with van der Waals surface area (Å²) in [5, 5.41) is 9.44. The minimum Gasteiger partial charge on any atom is -0.389 e. The lowest BCUT2D eigenvalue weighted by Crippen LogP contribution is -2.45. The van der Waals surface area contributed by atoms with E-state index in [4.69, 9.17) is 4.74 Å². The van der Waals surface area contributed by atoms with Gasteiger partial charge in [-0.15, -0.1) is 0 Å². The lowest BCUT2D eigenvalue weighted by Gasteiger charge is -2.36. The van der Waals surface area contributed by atoms with Crippen LogP contribution in [-0.2, 0) is 4.74 Å². The van der Waals surface area contributed by atoms with Crippen molar-refractivity contribution in [1.29, 1.82) is 0 Å². The summed E-state index contributed by atoms with van der Waals surface area (Å²) in [7, 11) is 0. The molecule has 1 saturated heterocycles. The van der Waals surface area contributed by atoms with Crippen molar-refractivity contribution >= 4 is 5.82 Å². The predicted octanol–water partition coefficient (Wildman–Crippen LogP) is 1.75. The van der Waals surface area contributed by atoms with Gasteiger partial charge < -0.3 is 14.7 Å². The second kappa shape index (κ2) is 5.02. The van der Waals surface area contributed by atoms with Crippen LogP contribution in [0.4, 0.5) is 5.82 Å². The number of pyridine rings is 1. The molecule has 0 radical (unpaired) electrons. The lowest BCUT2D eigenvalue weighted by molar-refractivity contribution is -0.00546. The van der Waals surface area contributed by atoms with Gasteiger partial charge in [0.2, 0.25) is 0 Å². The van der Waals surface area contributed by atoms with Crippen LogP contribution in [0.1, 0.15) is 32.4 Å². The number of morpholine rings is 1. The van der Waals surface area contributed by atoms with Crippen LogP contribution < -0.4 is 4.90 Å². The summed E-state index contributed by atoms with van der Waals surface area (Å²) in [4.78, 5) is 6.63. The Morgan fingerprint density at radius 1 is 1.35 bits per heavy atom. The fourth-order valence-corrected chi connectivity index (χ4v) is 2.20. The minimum absolute atomic E-state index is 0.233. The van der Waals surface area contributed by atoms with Crippen LogP contribution >= 0.6 is 0 Å². The molecule has 1 N–H and O–H groups in total. The van der Waals surface area contributed by atoms with Gasteiger partial charge in [-0.3, -0.25) is 0 Å². The van der Waals surface area contributed by atoms with Crippen LogP contribution in [0.2, 0.25) is 0 Å². The molecule has 1 fully saturated rings. The van der Waals surface area contributed by atoms with E-state index >= 15 is 0 Å². The molecule has 0 spiro atoms. The molecule has 0 amide bonds. The smallest absolute Gasteiger partial charge is 0.128 e. The summed E-state index contributed by atoms with van der Waals surface area (Å²) < 4.78 is 5.69. The molecule has 4 heteroatoms. The van der Waals surface area contributed by atoms with Gasteiger partial charge in [-0.2, -0.15) is 0 Å². The van der Waals surface area contributed by atoms with E-state index in [0.717, 1.165) is 24.5 Å². The molecule has 3 atom stereocenters. The van der Waals surface area contributed by atoms with Crippen molar-refractivity contribution in [2.75, 3.05) is 18.0 Å². The maximum absolute atomic E-state index is 9.44. The Hall–Kier alpha value is -1.13. The van der Waals surface area contributed by atoms with E-state index < -0.39 is 6.10 Å². The number of hydrogen-bond acceptors (Lipinski definition) is 4. The average molecular weight is 236 g/mol. The Labute approximate surface area is 102 Å². The first-order valence-corrected chi connectivity index (χ1v) is 6.10. The van der Waals surface area contributed by atoms with Gasteiger partial charge in [0.15, 0.2) is 0 Å². The number of aliphatic hydroxyl groups excluding tert-OH is 1. The number of hydrogen-bond donors (Lipinski definition) is 1. The molecule has 1 aliphatic rings. The molecular weight excluding hydrogens is 216 g/mol. The van der Waals surface area contributed by atoms with Gasteiger partial charge in [-0.25, -0.2) is 4.98 Å². The molecule has 17 heavy (non-hydrogen) atoms. The zero-order chi connectivity index (χ0) is 12.4. The number of aliphatic hydroxyl groups is 1. The van der Waals surface area contributed by atoms with E-state index in [0.29, 0.717) is 0 Å². The van der Waals surface area contributed by atoms with Crippen LogP contribution in [0.3, 0.4) is 0 Å². The molecular formula is C13H20N2O2. The summed E-state index contributed by atoms with van der Waals surface area (Å²) in [6, 6.07) is 3.89. The Kier molecular flexibility index (Phi) is 3.64. The largest absolute Gasteiger partial charge is 0.389 e. The van der Waals surface area contributed by atoms with Gasteiger partial charge in [0.05, 0.1) is 18.3 Å². The van der Waals surface area contributed by atoms with Crippen molar-refractivity contribution in [2.24, 2.45) is 0 Å². The zero-order valence-electron chi connectivity index (χ0n) is 10.6. The van der Waals surface area contributed by atoms with E-state index in [1.54, 1.807) is 13.1 Å². The van der Waals surface area contributed by atoms with E-state index in [1.807, 2.05) is 12.1 Å². The first kappa shape index (κ1) is 12.3. The highest BCUT2D eigenvalue weighted by Gasteiger charge is 2.22. The first-order valence-electron chi connectivity index (χ1n) is 6.10. The molecule has 0 unspecified atom stereocenters. The standard InChI is InChI=1S/C13H20N2O2/c1-9-7-15(8-10(2)17-9)13-5-4-12(6-14-13)11(3)16/h4-6,9-11,16H,7-8H2,1-3H3/t9-,10+,11-/m0/s1. The van der Waals surface area contributed by atoms with Crippen molar-refractivity contribution in [3.63, 3.8) is 0 Å². The van der Waals surface area contributed by atoms with Crippen LogP contribution in [0.15, 0.2) is 18.3 Å². The number of rotatable bonds is 2. The van der Waals surface area contributed by atoms with Gasteiger partial charge in [0.1, 0.15) is 5.82 Å². The lowest BCUT2D eigenvalue weighted by atomic mass is 10.2. The highest BCUT2D eigenvalue weighted by atomic mass is 16.5. The van der Waals surface area contributed by atoms with Gasteiger partial charge in [0.25, 0.3) is 0 Å². The maximum atomic E-state index is 9.44. The van der Waals surface area contributed by atoms with Gasteiger partial charge in [0, 0.05) is 19.3 Å². The topological polar surface area (TPSA) is 45.6 Å². The molecule has 94 valence electrons. The van der Waals surface area contributed by atoms with Gasteiger partial charge in [-0.05, 0) is 32.4 Å². The van der Waals surface area contributed by atoms with Crippen molar-refractivity contribution in [3.8, 4) is 0 Å². The Morgan fingerprint density at radius 3 is 2.47 bits per heavy atom. The second-order valence-corrected chi connectivity index (χ2v) is 4.79. The Morgan fingerprint density at radius 2 is 2.00 bits per heavy atom. The number of aromatic nitrogens is 1. The summed E-state index contributed by atoms with van der Waals surface area (Å²) in [6.07, 6.45) is 1.75. The van der Waals surface area contributed by atoms with Crippen molar-refractivity contribution in [1.82, 2.24) is 4.98 Å².